The number of hydrogen-bond donors (Lipinski definition) is 2. The van der Waals surface area contributed by atoms with E-state index in [2.05, 4.69) is 15.6 Å². The fourth-order valence-corrected chi connectivity index (χ4v) is 5.45. The monoisotopic (exact) mass is 534 g/mol. The molecular formula is C25H22F4N4O3S. The molecule has 1 aliphatic carbocycles. The minimum atomic E-state index is -4.94. The summed E-state index contributed by atoms with van der Waals surface area (Å²) in [5, 5.41) is 14.5. The lowest BCUT2D eigenvalue weighted by molar-refractivity contribution is -0.160. The van der Waals surface area contributed by atoms with Crippen molar-refractivity contribution in [3.8, 4) is 6.07 Å². The first-order valence-electron chi connectivity index (χ1n) is 11.3. The van der Waals surface area contributed by atoms with E-state index in [9.17, 15) is 36.0 Å². The number of halogens is 4. The molecule has 37 heavy (non-hydrogen) atoms. The molecule has 3 aromatic rings. The number of nitrogens with zero attached hydrogens (tertiary/aromatic N) is 2. The van der Waals surface area contributed by atoms with Crippen molar-refractivity contribution in [2.45, 2.75) is 42.4 Å². The van der Waals surface area contributed by atoms with Crippen molar-refractivity contribution in [1.82, 2.24) is 15.6 Å². The van der Waals surface area contributed by atoms with Crippen LogP contribution in [0, 0.1) is 17.1 Å². The van der Waals surface area contributed by atoms with Crippen LogP contribution >= 0.6 is 0 Å². The molecule has 0 saturated heterocycles. The predicted molar refractivity (Wildman–Crippen MR) is 127 cm³/mol. The highest BCUT2D eigenvalue weighted by atomic mass is 32.2. The molecule has 2 aromatic carbocycles. The largest absolute Gasteiger partial charge is 0.407 e. The van der Waals surface area contributed by atoms with Crippen LogP contribution in [0.5, 0.6) is 0 Å². The number of hydrogen-bond acceptors (Lipinski definition) is 6. The standard InChI is InChI=1S/C25H22F4N4O3S/c26-19-7-5-17(6-8-19)22(25(27,28)29)32-21(23(34)33-24(15-30)9-10-24)14-37(35,36)13-16-11-18-3-1-2-4-20(18)31-12-16/h1-8,11-12,21-22,32H,9-10,13-14H2,(H,33,34)/t21-,22-/m0/s1. The Balaban J connectivity index is 1.61. The fourth-order valence-electron chi connectivity index (χ4n) is 3.91. The second-order valence-corrected chi connectivity index (χ2v) is 11.1. The van der Waals surface area contributed by atoms with Crippen molar-refractivity contribution in [3.05, 3.63) is 77.7 Å². The number of nitrogens with one attached hydrogen (secondary N) is 2. The van der Waals surface area contributed by atoms with Crippen molar-refractivity contribution < 1.29 is 30.8 Å². The molecule has 1 fully saturated rings. The summed E-state index contributed by atoms with van der Waals surface area (Å²) in [6, 6.07) is 9.69. The zero-order valence-electron chi connectivity index (χ0n) is 19.3. The van der Waals surface area contributed by atoms with Gasteiger partial charge in [-0.3, -0.25) is 15.1 Å². The summed E-state index contributed by atoms with van der Waals surface area (Å²) in [5.41, 5.74) is -0.683. The SMILES string of the molecule is N#CC1(NC(=O)[C@H](CS(=O)(=O)Cc2cnc3ccccc3c2)N[C@@H](c2ccc(F)cc2)C(F)(F)F)CC1. The lowest BCUT2D eigenvalue weighted by Gasteiger charge is -2.28. The van der Waals surface area contributed by atoms with Crippen LogP contribution in [0.1, 0.15) is 30.0 Å². The van der Waals surface area contributed by atoms with Crippen molar-refractivity contribution >= 4 is 26.6 Å². The van der Waals surface area contributed by atoms with Crippen molar-refractivity contribution in [2.75, 3.05) is 5.75 Å². The number of alkyl halides is 3. The number of fused-ring (bicyclic) bond motifs is 1. The highest BCUT2D eigenvalue weighted by molar-refractivity contribution is 7.90. The molecule has 194 valence electrons. The van der Waals surface area contributed by atoms with Crippen LogP contribution in [-0.4, -0.2) is 42.8 Å². The average molecular weight is 535 g/mol. The molecule has 1 amide bonds. The third-order valence-corrected chi connectivity index (χ3v) is 7.61. The molecule has 2 atom stereocenters. The van der Waals surface area contributed by atoms with E-state index in [1.807, 2.05) is 6.07 Å². The molecule has 1 aliphatic rings. The molecular weight excluding hydrogens is 512 g/mol. The van der Waals surface area contributed by atoms with Gasteiger partial charge in [0.25, 0.3) is 0 Å². The molecule has 1 heterocycles. The third-order valence-electron chi connectivity index (χ3n) is 6.00. The number of nitriles is 1. The van der Waals surface area contributed by atoms with Gasteiger partial charge in [-0.25, -0.2) is 12.8 Å². The van der Waals surface area contributed by atoms with Gasteiger partial charge in [0.05, 0.1) is 23.1 Å². The van der Waals surface area contributed by atoms with E-state index >= 15 is 0 Å². The Hall–Kier alpha value is -3.56. The number of carbonyl (C=O) groups is 1. The Morgan fingerprint density at radius 3 is 2.43 bits per heavy atom. The summed E-state index contributed by atoms with van der Waals surface area (Å²) in [6.45, 7) is 0. The first-order valence-corrected chi connectivity index (χ1v) is 13.1. The quantitative estimate of drug-likeness (QED) is 0.405. The van der Waals surface area contributed by atoms with E-state index in [1.54, 1.807) is 30.3 Å². The van der Waals surface area contributed by atoms with E-state index in [0.717, 1.165) is 24.3 Å². The first kappa shape index (κ1) is 26.5. The van der Waals surface area contributed by atoms with Crippen LogP contribution in [0.2, 0.25) is 0 Å². The molecule has 0 unspecified atom stereocenters. The molecule has 1 aromatic heterocycles. The van der Waals surface area contributed by atoms with E-state index in [4.69, 9.17) is 0 Å². The van der Waals surface area contributed by atoms with Crippen LogP contribution in [0.3, 0.4) is 0 Å². The zero-order valence-corrected chi connectivity index (χ0v) is 20.1. The van der Waals surface area contributed by atoms with Crippen molar-refractivity contribution in [1.29, 1.82) is 5.26 Å². The number of benzene rings is 2. The maximum atomic E-state index is 14.0. The number of amides is 1. The van der Waals surface area contributed by atoms with Gasteiger partial charge in [-0.2, -0.15) is 18.4 Å². The Morgan fingerprint density at radius 2 is 1.81 bits per heavy atom. The number of aromatic nitrogens is 1. The Bertz CT molecular complexity index is 1450. The zero-order chi connectivity index (χ0) is 26.8. The lowest BCUT2D eigenvalue weighted by atomic mass is 10.0. The van der Waals surface area contributed by atoms with Crippen LogP contribution < -0.4 is 10.6 Å². The van der Waals surface area contributed by atoms with Gasteiger partial charge in [0.2, 0.25) is 5.91 Å². The van der Waals surface area contributed by atoms with Crippen LogP contribution in [-0.2, 0) is 20.4 Å². The Labute approximate surface area is 210 Å². The molecule has 2 N–H and O–H groups in total. The number of sulfone groups is 1. The number of pyridine rings is 1. The minimum absolute atomic E-state index is 0.304. The van der Waals surface area contributed by atoms with Gasteiger partial charge in [0, 0.05) is 11.6 Å². The summed E-state index contributed by atoms with van der Waals surface area (Å²) in [6.07, 6.45) is -2.97. The molecule has 0 bridgehead atoms. The highest BCUT2D eigenvalue weighted by Crippen LogP contribution is 2.36. The third kappa shape index (κ3) is 6.61. The topological polar surface area (TPSA) is 112 Å². The molecule has 1 saturated carbocycles. The van der Waals surface area contributed by atoms with Crippen LogP contribution in [0.15, 0.2) is 60.8 Å². The van der Waals surface area contributed by atoms with E-state index in [1.165, 1.54) is 6.20 Å². The summed E-state index contributed by atoms with van der Waals surface area (Å²) in [4.78, 5) is 17.2. The average Bonchev–Trinajstić information content (AvgIpc) is 3.61. The van der Waals surface area contributed by atoms with Crippen molar-refractivity contribution in [3.63, 3.8) is 0 Å². The second-order valence-electron chi connectivity index (χ2n) is 9.02. The van der Waals surface area contributed by atoms with Gasteiger partial charge in [0.15, 0.2) is 9.84 Å². The van der Waals surface area contributed by atoms with E-state index < -0.39 is 62.4 Å². The summed E-state index contributed by atoms with van der Waals surface area (Å²) in [7, 11) is -4.14. The van der Waals surface area contributed by atoms with Gasteiger partial charge in [-0.15, -0.1) is 0 Å². The van der Waals surface area contributed by atoms with E-state index in [-0.39, 0.29) is 0 Å². The number of carbonyl (C=O) groups excluding carboxylic acids is 1. The Kier molecular flexibility index (Phi) is 7.21. The van der Waals surface area contributed by atoms with Crippen molar-refractivity contribution in [2.24, 2.45) is 0 Å². The maximum Gasteiger partial charge on any atom is 0.407 e. The minimum Gasteiger partial charge on any atom is -0.336 e. The molecule has 0 spiro atoms. The maximum absolute atomic E-state index is 14.0. The van der Waals surface area contributed by atoms with Crippen LogP contribution in [0.4, 0.5) is 17.6 Å². The predicted octanol–water partition coefficient (Wildman–Crippen LogP) is 3.72. The van der Waals surface area contributed by atoms with Gasteiger partial charge in [0.1, 0.15) is 23.4 Å². The smallest absolute Gasteiger partial charge is 0.336 e. The number of para-hydroxylation sites is 1. The summed E-state index contributed by atoms with van der Waals surface area (Å²) >= 11 is 0. The second kappa shape index (κ2) is 10.1. The summed E-state index contributed by atoms with van der Waals surface area (Å²) in [5.74, 6) is -3.33. The van der Waals surface area contributed by atoms with E-state index in [0.29, 0.717) is 29.3 Å². The molecule has 7 nitrogen and oxygen atoms in total. The van der Waals surface area contributed by atoms with Gasteiger partial charge in [-0.1, -0.05) is 30.3 Å². The van der Waals surface area contributed by atoms with Crippen LogP contribution in [0.25, 0.3) is 10.9 Å². The molecule has 0 aliphatic heterocycles. The number of rotatable bonds is 9. The molecule has 0 radical (unpaired) electrons. The fraction of sp³-hybridized carbons (Fsp3) is 0.320. The lowest BCUT2D eigenvalue weighted by Crippen LogP contribution is -2.54. The Morgan fingerprint density at radius 1 is 1.14 bits per heavy atom. The molecule has 12 heteroatoms. The summed E-state index contributed by atoms with van der Waals surface area (Å²) < 4.78 is 81.4. The normalized spacial score (nSPS) is 16.5. The van der Waals surface area contributed by atoms with Gasteiger partial charge in [-0.05, 0) is 48.2 Å². The molecule has 4 rings (SSSR count). The van der Waals surface area contributed by atoms with Gasteiger partial charge >= 0.3 is 6.18 Å². The van der Waals surface area contributed by atoms with Gasteiger partial charge < -0.3 is 5.32 Å². The first-order chi connectivity index (χ1) is 17.4. The highest BCUT2D eigenvalue weighted by Gasteiger charge is 2.48.